The lowest BCUT2D eigenvalue weighted by Crippen LogP contribution is -2.38. The van der Waals surface area contributed by atoms with Gasteiger partial charge >= 0.3 is 6.09 Å². The summed E-state index contributed by atoms with van der Waals surface area (Å²) in [7, 11) is 0. The molecule has 3 N–H and O–H groups in total. The highest BCUT2D eigenvalue weighted by molar-refractivity contribution is 6.31. The highest BCUT2D eigenvalue weighted by Gasteiger charge is 2.29. The molecule has 0 radical (unpaired) electrons. The van der Waals surface area contributed by atoms with Crippen LogP contribution in [-0.2, 0) is 9.53 Å². The number of hydrogen-bond donors (Lipinski definition) is 3. The van der Waals surface area contributed by atoms with Crippen molar-refractivity contribution in [1.29, 1.82) is 0 Å². The van der Waals surface area contributed by atoms with Gasteiger partial charge in [0.1, 0.15) is 36.4 Å². The van der Waals surface area contributed by atoms with Crippen molar-refractivity contribution in [3.63, 3.8) is 0 Å². The molecule has 1 aliphatic rings. The first-order valence-corrected chi connectivity index (χ1v) is 9.70. The van der Waals surface area contributed by atoms with Crippen LogP contribution in [0.15, 0.2) is 36.7 Å². The molecule has 31 heavy (non-hydrogen) atoms. The number of carbonyl (C=O) groups excluding carboxylic acids is 2. The first-order chi connectivity index (χ1) is 14.9. The monoisotopic (exact) mass is 445 g/mol. The van der Waals surface area contributed by atoms with Crippen LogP contribution in [0.25, 0.3) is 10.9 Å². The maximum Gasteiger partial charge on any atom is 0.407 e. The van der Waals surface area contributed by atoms with Gasteiger partial charge in [0, 0.05) is 17.1 Å². The van der Waals surface area contributed by atoms with E-state index in [9.17, 15) is 14.0 Å². The van der Waals surface area contributed by atoms with E-state index >= 15 is 0 Å². The Morgan fingerprint density at radius 2 is 2.19 bits per heavy atom. The van der Waals surface area contributed by atoms with Gasteiger partial charge in [-0.2, -0.15) is 0 Å². The summed E-state index contributed by atoms with van der Waals surface area (Å²) in [6, 6.07) is 6.71. The summed E-state index contributed by atoms with van der Waals surface area (Å²) >= 11 is 5.86. The number of carbonyl (C=O) groups is 2. The average Bonchev–Trinajstić information content (AvgIpc) is 3.18. The SMILES string of the molecule is CCOc1cc2ncnc(Nc3ccc(F)c(Cl)c3)c2cc1NC(=O)[C@H]1COC(=O)N1. The molecule has 0 unspecified atom stereocenters. The summed E-state index contributed by atoms with van der Waals surface area (Å²) in [5.74, 6) is -0.163. The number of cyclic esters (lactones) is 1. The van der Waals surface area contributed by atoms with Crippen LogP contribution in [0.3, 0.4) is 0 Å². The lowest BCUT2D eigenvalue weighted by atomic mass is 10.1. The van der Waals surface area contributed by atoms with E-state index in [0.29, 0.717) is 40.5 Å². The minimum absolute atomic E-state index is 0.0317. The molecule has 9 nitrogen and oxygen atoms in total. The Kier molecular flexibility index (Phi) is 5.72. The van der Waals surface area contributed by atoms with Crippen molar-refractivity contribution < 1.29 is 23.5 Å². The Morgan fingerprint density at radius 1 is 1.35 bits per heavy atom. The quantitative estimate of drug-likeness (QED) is 0.531. The highest BCUT2D eigenvalue weighted by atomic mass is 35.5. The van der Waals surface area contributed by atoms with Crippen molar-refractivity contribution in [2.75, 3.05) is 23.8 Å². The predicted molar refractivity (Wildman–Crippen MR) is 112 cm³/mol. The number of ether oxygens (including phenoxy) is 2. The van der Waals surface area contributed by atoms with E-state index in [1.807, 2.05) is 6.92 Å². The maximum atomic E-state index is 13.5. The van der Waals surface area contributed by atoms with Crippen molar-refractivity contribution in [3.8, 4) is 5.75 Å². The molecule has 0 aliphatic carbocycles. The molecule has 0 saturated carbocycles. The number of anilines is 3. The highest BCUT2D eigenvalue weighted by Crippen LogP contribution is 2.34. The van der Waals surface area contributed by atoms with Crippen LogP contribution in [0.2, 0.25) is 5.02 Å². The molecule has 160 valence electrons. The van der Waals surface area contributed by atoms with Crippen LogP contribution < -0.4 is 20.7 Å². The van der Waals surface area contributed by atoms with E-state index in [1.54, 1.807) is 12.1 Å². The lowest BCUT2D eigenvalue weighted by Gasteiger charge is -2.16. The van der Waals surface area contributed by atoms with Crippen LogP contribution >= 0.6 is 11.6 Å². The van der Waals surface area contributed by atoms with E-state index < -0.39 is 23.9 Å². The Hall–Kier alpha value is -3.66. The number of aromatic nitrogens is 2. The van der Waals surface area contributed by atoms with Gasteiger partial charge in [0.05, 0.1) is 22.8 Å². The molecular formula is C20H17ClFN5O4. The molecule has 11 heteroatoms. The molecule has 1 aliphatic heterocycles. The van der Waals surface area contributed by atoms with Crippen molar-refractivity contribution in [1.82, 2.24) is 15.3 Å². The number of amides is 2. The molecular weight excluding hydrogens is 429 g/mol. The fourth-order valence-corrected chi connectivity index (χ4v) is 3.19. The van der Waals surface area contributed by atoms with Crippen LogP contribution in [0.4, 0.5) is 26.4 Å². The number of alkyl carbamates (subject to hydrolysis) is 1. The minimum Gasteiger partial charge on any atom is -0.492 e. The van der Waals surface area contributed by atoms with Gasteiger partial charge in [0.15, 0.2) is 0 Å². The fourth-order valence-electron chi connectivity index (χ4n) is 3.01. The van der Waals surface area contributed by atoms with Gasteiger partial charge in [0.2, 0.25) is 0 Å². The zero-order valence-electron chi connectivity index (χ0n) is 16.2. The minimum atomic E-state index is -0.816. The third-order valence-corrected chi connectivity index (χ3v) is 4.76. The average molecular weight is 446 g/mol. The second kappa shape index (κ2) is 8.60. The van der Waals surface area contributed by atoms with Crippen molar-refractivity contribution in [2.24, 2.45) is 0 Å². The number of fused-ring (bicyclic) bond motifs is 1. The normalized spacial score (nSPS) is 15.3. The largest absolute Gasteiger partial charge is 0.492 e. The number of hydrogen-bond acceptors (Lipinski definition) is 7. The summed E-state index contributed by atoms with van der Waals surface area (Å²) in [4.78, 5) is 32.3. The smallest absolute Gasteiger partial charge is 0.407 e. The molecule has 1 aromatic heterocycles. The Labute approximate surface area is 180 Å². The standard InChI is InChI=1S/C20H17ClFN5O4/c1-2-30-17-7-14-11(6-15(17)26-19(28)16-8-31-20(29)27-16)18(24-9-23-14)25-10-3-4-13(22)12(21)5-10/h3-7,9,16H,2,8H2,1H3,(H,26,28)(H,27,29)(H,23,24,25)/t16-/m1/s1. The maximum absolute atomic E-state index is 13.5. The number of halogens is 2. The predicted octanol–water partition coefficient (Wildman–Crippen LogP) is 3.61. The Morgan fingerprint density at radius 3 is 2.90 bits per heavy atom. The van der Waals surface area contributed by atoms with Crippen LogP contribution in [0.1, 0.15) is 6.92 Å². The number of nitrogens with one attached hydrogen (secondary N) is 3. The molecule has 2 amide bonds. The first-order valence-electron chi connectivity index (χ1n) is 9.32. The summed E-state index contributed by atoms with van der Waals surface area (Å²) in [6.07, 6.45) is 0.719. The molecule has 3 aromatic rings. The Balaban J connectivity index is 1.70. The fraction of sp³-hybridized carbons (Fsp3) is 0.200. The van der Waals surface area contributed by atoms with Crippen molar-refractivity contribution >= 4 is 51.7 Å². The summed E-state index contributed by atoms with van der Waals surface area (Å²) in [5.41, 5.74) is 1.46. The van der Waals surface area contributed by atoms with Gasteiger partial charge in [-0.05, 0) is 31.2 Å². The third-order valence-electron chi connectivity index (χ3n) is 4.47. The molecule has 0 spiro atoms. The van der Waals surface area contributed by atoms with E-state index in [1.165, 1.54) is 24.5 Å². The van der Waals surface area contributed by atoms with Gasteiger partial charge in [-0.25, -0.2) is 19.2 Å². The second-order valence-electron chi connectivity index (χ2n) is 6.56. The van der Waals surface area contributed by atoms with Crippen LogP contribution in [0.5, 0.6) is 5.75 Å². The molecule has 4 rings (SSSR count). The van der Waals surface area contributed by atoms with Crippen LogP contribution in [0, 0.1) is 5.82 Å². The summed E-state index contributed by atoms with van der Waals surface area (Å²) in [5, 5.41) is 8.79. The molecule has 2 aromatic carbocycles. The van der Waals surface area contributed by atoms with Crippen LogP contribution in [-0.4, -0.2) is 41.2 Å². The molecule has 1 saturated heterocycles. The zero-order chi connectivity index (χ0) is 22.0. The van der Waals surface area contributed by atoms with E-state index in [0.717, 1.165) is 0 Å². The van der Waals surface area contributed by atoms with Gasteiger partial charge in [-0.1, -0.05) is 11.6 Å². The van der Waals surface area contributed by atoms with E-state index in [4.69, 9.17) is 21.1 Å². The van der Waals surface area contributed by atoms with E-state index in [2.05, 4.69) is 25.9 Å². The van der Waals surface area contributed by atoms with E-state index in [-0.39, 0.29) is 11.6 Å². The second-order valence-corrected chi connectivity index (χ2v) is 6.97. The van der Waals surface area contributed by atoms with Gasteiger partial charge in [-0.15, -0.1) is 0 Å². The first kappa shape index (κ1) is 20.6. The summed E-state index contributed by atoms with van der Waals surface area (Å²) in [6.45, 7) is 2.11. The molecule has 1 atom stereocenters. The zero-order valence-corrected chi connectivity index (χ0v) is 17.0. The van der Waals surface area contributed by atoms with Gasteiger partial charge < -0.3 is 25.4 Å². The molecule has 0 bridgehead atoms. The number of benzene rings is 2. The van der Waals surface area contributed by atoms with Gasteiger partial charge in [-0.3, -0.25) is 4.79 Å². The molecule has 2 heterocycles. The number of nitrogens with zero attached hydrogens (tertiary/aromatic N) is 2. The topological polar surface area (TPSA) is 114 Å². The van der Waals surface area contributed by atoms with Crippen molar-refractivity contribution in [2.45, 2.75) is 13.0 Å². The molecule has 1 fully saturated rings. The summed E-state index contributed by atoms with van der Waals surface area (Å²) < 4.78 is 23.9. The van der Waals surface area contributed by atoms with Gasteiger partial charge in [0.25, 0.3) is 5.91 Å². The number of rotatable bonds is 6. The van der Waals surface area contributed by atoms with Crippen molar-refractivity contribution in [3.05, 3.63) is 47.5 Å². The third kappa shape index (κ3) is 4.43. The Bertz CT molecular complexity index is 1180. The lowest BCUT2D eigenvalue weighted by molar-refractivity contribution is -0.117.